The first-order valence-corrected chi connectivity index (χ1v) is 7.26. The average molecular weight is 281 g/mol. The van der Waals surface area contributed by atoms with Crippen LogP contribution in [0.15, 0.2) is 24.3 Å². The van der Waals surface area contributed by atoms with Gasteiger partial charge in [0.1, 0.15) is 5.75 Å². The molecule has 20 heavy (non-hydrogen) atoms. The normalized spacial score (nSPS) is 14.8. The lowest BCUT2D eigenvalue weighted by Gasteiger charge is -2.30. The number of aliphatic hydroxyl groups excluding tert-OH is 1. The minimum Gasteiger partial charge on any atom is -0.508 e. The molecule has 0 spiro atoms. The number of phenolic OH excluding ortho intramolecular Hbond substituents is 1. The van der Waals surface area contributed by atoms with Crippen LogP contribution in [0.3, 0.4) is 0 Å². The third-order valence-corrected chi connectivity index (χ3v) is 3.37. The summed E-state index contributed by atoms with van der Waals surface area (Å²) in [5.41, 5.74) is 1.05. The van der Waals surface area contributed by atoms with Crippen LogP contribution in [0.25, 0.3) is 0 Å². The zero-order chi connectivity index (χ0) is 15.1. The molecule has 0 aliphatic heterocycles. The highest BCUT2D eigenvalue weighted by atomic mass is 16.5. The molecule has 0 fully saturated rings. The number of aromatic hydroxyl groups is 1. The predicted octanol–water partition coefficient (Wildman–Crippen LogP) is 2.56. The van der Waals surface area contributed by atoms with Crippen LogP contribution < -0.4 is 0 Å². The van der Waals surface area contributed by atoms with Crippen molar-refractivity contribution in [2.24, 2.45) is 0 Å². The van der Waals surface area contributed by atoms with Crippen molar-refractivity contribution in [2.75, 3.05) is 19.7 Å². The van der Waals surface area contributed by atoms with Crippen LogP contribution >= 0.6 is 0 Å². The van der Waals surface area contributed by atoms with Gasteiger partial charge in [-0.1, -0.05) is 19.1 Å². The number of phenols is 1. The number of nitrogens with zero attached hydrogens (tertiary/aromatic N) is 1. The lowest BCUT2D eigenvalue weighted by Crippen LogP contribution is -2.37. The summed E-state index contributed by atoms with van der Waals surface area (Å²) in [4.78, 5) is 2.17. The maximum absolute atomic E-state index is 10.0. The zero-order valence-electron chi connectivity index (χ0n) is 12.9. The van der Waals surface area contributed by atoms with Crippen LogP contribution in [0.1, 0.15) is 39.3 Å². The molecule has 0 heterocycles. The Morgan fingerprint density at radius 2 is 1.95 bits per heavy atom. The molecule has 1 aromatic rings. The lowest BCUT2D eigenvalue weighted by atomic mass is 10.1. The topological polar surface area (TPSA) is 52.9 Å². The van der Waals surface area contributed by atoms with Gasteiger partial charge in [-0.2, -0.15) is 0 Å². The fraction of sp³-hybridized carbons (Fsp3) is 0.625. The zero-order valence-corrected chi connectivity index (χ0v) is 12.9. The van der Waals surface area contributed by atoms with Gasteiger partial charge in [0.05, 0.1) is 18.8 Å². The molecule has 1 rings (SSSR count). The summed E-state index contributed by atoms with van der Waals surface area (Å²) in [5.74, 6) is 0.272. The van der Waals surface area contributed by atoms with Crippen LogP contribution in [0.2, 0.25) is 0 Å². The molecule has 2 N–H and O–H groups in total. The monoisotopic (exact) mass is 281 g/mol. The van der Waals surface area contributed by atoms with Gasteiger partial charge >= 0.3 is 0 Å². The standard InChI is InChI=1S/C16H27NO3/c1-5-17(10-16(19)11-20-12(2)3)13(4)14-7-6-8-15(18)9-14/h6-9,12-13,16,18-19H,5,10-11H2,1-4H3. The summed E-state index contributed by atoms with van der Waals surface area (Å²) in [5, 5.41) is 19.6. The Morgan fingerprint density at radius 1 is 1.25 bits per heavy atom. The van der Waals surface area contributed by atoms with Crippen molar-refractivity contribution in [1.29, 1.82) is 0 Å². The van der Waals surface area contributed by atoms with Crippen molar-refractivity contribution in [3.63, 3.8) is 0 Å². The van der Waals surface area contributed by atoms with E-state index in [2.05, 4.69) is 18.7 Å². The minimum atomic E-state index is -0.503. The molecule has 2 atom stereocenters. The van der Waals surface area contributed by atoms with E-state index in [9.17, 15) is 10.2 Å². The van der Waals surface area contributed by atoms with Gasteiger partial charge in [-0.25, -0.2) is 0 Å². The Kier molecular flexibility index (Phi) is 6.99. The molecule has 4 nitrogen and oxygen atoms in total. The van der Waals surface area contributed by atoms with Crippen LogP contribution in [-0.2, 0) is 4.74 Å². The number of hydrogen-bond donors (Lipinski definition) is 2. The Bertz CT molecular complexity index is 395. The Hall–Kier alpha value is -1.10. The van der Waals surface area contributed by atoms with E-state index in [1.807, 2.05) is 26.0 Å². The van der Waals surface area contributed by atoms with Gasteiger partial charge in [-0.3, -0.25) is 4.90 Å². The Balaban J connectivity index is 2.61. The first-order chi connectivity index (χ1) is 9.43. The second-order valence-electron chi connectivity index (χ2n) is 5.39. The summed E-state index contributed by atoms with van der Waals surface area (Å²) in [7, 11) is 0. The van der Waals surface area contributed by atoms with Crippen molar-refractivity contribution in [1.82, 2.24) is 4.90 Å². The average Bonchev–Trinajstić information content (AvgIpc) is 2.41. The van der Waals surface area contributed by atoms with E-state index in [4.69, 9.17) is 4.74 Å². The van der Waals surface area contributed by atoms with E-state index < -0.39 is 6.10 Å². The second-order valence-corrected chi connectivity index (χ2v) is 5.39. The molecule has 0 bridgehead atoms. The van der Waals surface area contributed by atoms with Crippen molar-refractivity contribution in [3.05, 3.63) is 29.8 Å². The first kappa shape index (κ1) is 17.0. The number of hydrogen-bond acceptors (Lipinski definition) is 4. The van der Waals surface area contributed by atoms with Crippen LogP contribution in [-0.4, -0.2) is 47.0 Å². The van der Waals surface area contributed by atoms with Crippen molar-refractivity contribution in [3.8, 4) is 5.75 Å². The molecule has 114 valence electrons. The fourth-order valence-electron chi connectivity index (χ4n) is 2.18. The smallest absolute Gasteiger partial charge is 0.115 e. The summed E-state index contributed by atoms with van der Waals surface area (Å²) in [6.45, 7) is 9.79. The second kappa shape index (κ2) is 8.25. The highest BCUT2D eigenvalue weighted by molar-refractivity contribution is 5.29. The molecule has 0 saturated heterocycles. The summed E-state index contributed by atoms with van der Waals surface area (Å²) in [6, 6.07) is 7.40. The van der Waals surface area contributed by atoms with Gasteiger partial charge in [0, 0.05) is 12.6 Å². The van der Waals surface area contributed by atoms with Crippen LogP contribution in [0, 0.1) is 0 Å². The van der Waals surface area contributed by atoms with E-state index in [0.717, 1.165) is 12.1 Å². The molecule has 0 amide bonds. The number of rotatable bonds is 8. The molecule has 0 radical (unpaired) electrons. The van der Waals surface area contributed by atoms with Crippen molar-refractivity contribution in [2.45, 2.75) is 45.9 Å². The third kappa shape index (κ3) is 5.49. The van der Waals surface area contributed by atoms with E-state index in [0.29, 0.717) is 13.2 Å². The fourth-order valence-corrected chi connectivity index (χ4v) is 2.18. The molecule has 0 aromatic heterocycles. The molecule has 0 aliphatic carbocycles. The molecular formula is C16H27NO3. The molecular weight excluding hydrogens is 254 g/mol. The molecule has 0 aliphatic rings. The van der Waals surface area contributed by atoms with E-state index in [-0.39, 0.29) is 17.9 Å². The van der Waals surface area contributed by atoms with Gasteiger partial charge in [-0.05, 0) is 45.0 Å². The quantitative estimate of drug-likeness (QED) is 0.769. The highest BCUT2D eigenvalue weighted by Gasteiger charge is 2.18. The number of likely N-dealkylation sites (N-methyl/N-ethyl adjacent to an activating group) is 1. The molecule has 4 heteroatoms. The van der Waals surface area contributed by atoms with Gasteiger partial charge < -0.3 is 14.9 Å². The summed E-state index contributed by atoms with van der Waals surface area (Å²) >= 11 is 0. The third-order valence-electron chi connectivity index (χ3n) is 3.37. The predicted molar refractivity (Wildman–Crippen MR) is 80.9 cm³/mol. The van der Waals surface area contributed by atoms with Crippen molar-refractivity contribution >= 4 is 0 Å². The first-order valence-electron chi connectivity index (χ1n) is 7.26. The number of aliphatic hydroxyl groups is 1. The van der Waals surface area contributed by atoms with E-state index in [1.54, 1.807) is 12.1 Å². The van der Waals surface area contributed by atoms with Gasteiger partial charge in [0.2, 0.25) is 0 Å². The lowest BCUT2D eigenvalue weighted by molar-refractivity contribution is -0.0127. The van der Waals surface area contributed by atoms with Crippen LogP contribution in [0.5, 0.6) is 5.75 Å². The SMILES string of the molecule is CCN(CC(O)COC(C)C)C(C)c1cccc(O)c1. The van der Waals surface area contributed by atoms with E-state index in [1.165, 1.54) is 0 Å². The Labute approximate surface area is 122 Å². The Morgan fingerprint density at radius 3 is 2.50 bits per heavy atom. The highest BCUT2D eigenvalue weighted by Crippen LogP contribution is 2.23. The number of ether oxygens (including phenoxy) is 1. The van der Waals surface area contributed by atoms with Gasteiger partial charge in [-0.15, -0.1) is 0 Å². The maximum atomic E-state index is 10.0. The van der Waals surface area contributed by atoms with Crippen LogP contribution in [0.4, 0.5) is 0 Å². The largest absolute Gasteiger partial charge is 0.508 e. The summed E-state index contributed by atoms with van der Waals surface area (Å²) in [6.07, 6.45) is -0.375. The van der Waals surface area contributed by atoms with E-state index >= 15 is 0 Å². The minimum absolute atomic E-state index is 0.128. The van der Waals surface area contributed by atoms with Crippen molar-refractivity contribution < 1.29 is 14.9 Å². The number of benzene rings is 1. The maximum Gasteiger partial charge on any atom is 0.115 e. The van der Waals surface area contributed by atoms with Gasteiger partial charge in [0.15, 0.2) is 0 Å². The summed E-state index contributed by atoms with van der Waals surface area (Å²) < 4.78 is 5.44. The molecule has 1 aromatic carbocycles. The van der Waals surface area contributed by atoms with Gasteiger partial charge in [0.25, 0.3) is 0 Å². The molecule has 2 unspecified atom stereocenters. The molecule has 0 saturated carbocycles.